The van der Waals surface area contributed by atoms with Crippen LogP contribution in [0.1, 0.15) is 29.4 Å². The van der Waals surface area contributed by atoms with E-state index in [0.29, 0.717) is 5.69 Å². The number of nitrogens with one attached hydrogen (secondary N) is 2. The maximum Gasteiger partial charge on any atom is 0.268 e. The Bertz CT molecular complexity index is 620. The van der Waals surface area contributed by atoms with Gasteiger partial charge in [-0.3, -0.25) is 9.59 Å². The molecule has 2 aromatic rings. The highest BCUT2D eigenvalue weighted by molar-refractivity contribution is 5.92. The third kappa shape index (κ3) is 4.09. The number of pyridine rings is 1. The number of amides is 1. The molecule has 0 bridgehead atoms. The number of benzene rings is 1. The lowest BCUT2D eigenvalue weighted by molar-refractivity contribution is 0.0933. The normalized spacial score (nSPS) is 11.8. The molecule has 1 aromatic heterocycles. The molecule has 0 aliphatic heterocycles. The van der Waals surface area contributed by atoms with Gasteiger partial charge in [-0.05, 0) is 31.4 Å². The van der Waals surface area contributed by atoms with Gasteiger partial charge in [-0.2, -0.15) is 0 Å². The van der Waals surface area contributed by atoms with Gasteiger partial charge in [0.25, 0.3) is 5.91 Å². The standard InChI is InChI=1S/C16H18N2O2/c1-12(10-11-13-6-3-2-4-7-13)17-16(20)14-8-5-9-15(19)18-14/h2-9,12H,10-11H2,1H3,(H,17,20)(H,18,19). The summed E-state index contributed by atoms with van der Waals surface area (Å²) in [6.07, 6.45) is 1.76. The second-order valence-corrected chi connectivity index (χ2v) is 4.83. The van der Waals surface area contributed by atoms with Crippen LogP contribution in [-0.4, -0.2) is 16.9 Å². The van der Waals surface area contributed by atoms with Gasteiger partial charge in [-0.15, -0.1) is 0 Å². The summed E-state index contributed by atoms with van der Waals surface area (Å²) in [7, 11) is 0. The Hall–Kier alpha value is -2.36. The summed E-state index contributed by atoms with van der Waals surface area (Å²) in [4.78, 5) is 25.6. The summed E-state index contributed by atoms with van der Waals surface area (Å²) in [6.45, 7) is 1.96. The molecule has 4 nitrogen and oxygen atoms in total. The van der Waals surface area contributed by atoms with Crippen LogP contribution in [0.25, 0.3) is 0 Å². The van der Waals surface area contributed by atoms with E-state index in [2.05, 4.69) is 22.4 Å². The zero-order chi connectivity index (χ0) is 14.4. The minimum atomic E-state index is -0.269. The molecule has 104 valence electrons. The van der Waals surface area contributed by atoms with Gasteiger partial charge in [-0.25, -0.2) is 0 Å². The number of aryl methyl sites for hydroxylation is 1. The van der Waals surface area contributed by atoms with Crippen molar-refractivity contribution in [2.24, 2.45) is 0 Å². The van der Waals surface area contributed by atoms with Crippen LogP contribution in [0.3, 0.4) is 0 Å². The van der Waals surface area contributed by atoms with Crippen LogP contribution in [0.4, 0.5) is 0 Å². The third-order valence-corrected chi connectivity index (χ3v) is 3.10. The molecule has 0 saturated carbocycles. The number of H-pyrrole nitrogens is 1. The summed E-state index contributed by atoms with van der Waals surface area (Å²) in [5.41, 5.74) is 1.28. The molecule has 2 rings (SSSR count). The summed E-state index contributed by atoms with van der Waals surface area (Å²) in [5, 5.41) is 2.88. The first-order valence-corrected chi connectivity index (χ1v) is 6.69. The van der Waals surface area contributed by atoms with Crippen LogP contribution in [0, 0.1) is 0 Å². The van der Waals surface area contributed by atoms with Gasteiger partial charge in [0.05, 0.1) is 0 Å². The van der Waals surface area contributed by atoms with Gasteiger partial charge in [-0.1, -0.05) is 36.4 Å². The van der Waals surface area contributed by atoms with Gasteiger partial charge in [0.2, 0.25) is 5.56 Å². The van der Waals surface area contributed by atoms with Crippen molar-refractivity contribution in [1.29, 1.82) is 0 Å². The van der Waals surface area contributed by atoms with Crippen LogP contribution in [0.15, 0.2) is 53.3 Å². The van der Waals surface area contributed by atoms with E-state index < -0.39 is 0 Å². The Morgan fingerprint density at radius 3 is 2.60 bits per heavy atom. The summed E-state index contributed by atoms with van der Waals surface area (Å²) in [6, 6.07) is 14.7. The van der Waals surface area contributed by atoms with Crippen molar-refractivity contribution in [2.75, 3.05) is 0 Å². The van der Waals surface area contributed by atoms with Crippen molar-refractivity contribution in [3.05, 3.63) is 70.1 Å². The molecule has 0 spiro atoms. The number of hydrogen-bond acceptors (Lipinski definition) is 2. The van der Waals surface area contributed by atoms with Gasteiger partial charge in [0.15, 0.2) is 0 Å². The predicted octanol–water partition coefficient (Wildman–Crippen LogP) is 2.13. The number of carbonyl (C=O) groups excluding carboxylic acids is 1. The fraction of sp³-hybridized carbons (Fsp3) is 0.250. The molecule has 1 heterocycles. The van der Waals surface area contributed by atoms with E-state index in [1.165, 1.54) is 11.6 Å². The molecular formula is C16H18N2O2. The van der Waals surface area contributed by atoms with E-state index in [-0.39, 0.29) is 17.5 Å². The van der Waals surface area contributed by atoms with Crippen LogP contribution >= 0.6 is 0 Å². The molecule has 0 radical (unpaired) electrons. The highest BCUT2D eigenvalue weighted by Crippen LogP contribution is 2.05. The molecule has 2 N–H and O–H groups in total. The predicted molar refractivity (Wildman–Crippen MR) is 78.8 cm³/mol. The monoisotopic (exact) mass is 270 g/mol. The molecule has 0 fully saturated rings. The summed E-state index contributed by atoms with van der Waals surface area (Å²) >= 11 is 0. The Morgan fingerprint density at radius 1 is 1.15 bits per heavy atom. The Labute approximate surface area is 117 Å². The Kier molecular flexibility index (Phi) is 4.71. The van der Waals surface area contributed by atoms with Gasteiger partial charge >= 0.3 is 0 Å². The van der Waals surface area contributed by atoms with E-state index in [0.717, 1.165) is 12.8 Å². The van der Waals surface area contributed by atoms with E-state index in [1.807, 2.05) is 25.1 Å². The first-order valence-electron chi connectivity index (χ1n) is 6.69. The highest BCUT2D eigenvalue weighted by atomic mass is 16.2. The van der Waals surface area contributed by atoms with Gasteiger partial charge < -0.3 is 10.3 Å². The van der Waals surface area contributed by atoms with Crippen LogP contribution in [0.2, 0.25) is 0 Å². The second-order valence-electron chi connectivity index (χ2n) is 4.83. The molecule has 4 heteroatoms. The molecule has 1 atom stereocenters. The molecule has 0 aliphatic carbocycles. The molecular weight excluding hydrogens is 252 g/mol. The summed E-state index contributed by atoms with van der Waals surface area (Å²) < 4.78 is 0. The lowest BCUT2D eigenvalue weighted by Gasteiger charge is -2.13. The van der Waals surface area contributed by atoms with E-state index >= 15 is 0 Å². The number of aromatic nitrogens is 1. The Morgan fingerprint density at radius 2 is 1.90 bits per heavy atom. The molecule has 1 amide bonds. The largest absolute Gasteiger partial charge is 0.348 e. The second kappa shape index (κ2) is 6.70. The first kappa shape index (κ1) is 14.1. The lowest BCUT2D eigenvalue weighted by atomic mass is 10.1. The SMILES string of the molecule is CC(CCc1ccccc1)NC(=O)c1cccc(=O)[nH]1. The topological polar surface area (TPSA) is 62.0 Å². The smallest absolute Gasteiger partial charge is 0.268 e. The van der Waals surface area contributed by atoms with Crippen LogP contribution < -0.4 is 10.9 Å². The van der Waals surface area contributed by atoms with Crippen molar-refractivity contribution in [1.82, 2.24) is 10.3 Å². The van der Waals surface area contributed by atoms with E-state index in [4.69, 9.17) is 0 Å². The number of rotatable bonds is 5. The van der Waals surface area contributed by atoms with Gasteiger partial charge in [0, 0.05) is 12.1 Å². The molecule has 20 heavy (non-hydrogen) atoms. The fourth-order valence-electron chi connectivity index (χ4n) is 1.98. The maximum absolute atomic E-state index is 11.9. The molecule has 0 saturated heterocycles. The van der Waals surface area contributed by atoms with Crippen molar-refractivity contribution in [3.63, 3.8) is 0 Å². The number of hydrogen-bond donors (Lipinski definition) is 2. The molecule has 0 aliphatic rings. The minimum Gasteiger partial charge on any atom is -0.348 e. The van der Waals surface area contributed by atoms with E-state index in [1.54, 1.807) is 12.1 Å². The maximum atomic E-state index is 11.9. The van der Waals surface area contributed by atoms with Crippen molar-refractivity contribution >= 4 is 5.91 Å². The average Bonchev–Trinajstić information content (AvgIpc) is 2.46. The van der Waals surface area contributed by atoms with Crippen molar-refractivity contribution in [3.8, 4) is 0 Å². The Balaban J connectivity index is 1.87. The molecule has 1 aromatic carbocycles. The molecule has 1 unspecified atom stereocenters. The number of aromatic amines is 1. The zero-order valence-electron chi connectivity index (χ0n) is 11.4. The zero-order valence-corrected chi connectivity index (χ0v) is 11.4. The van der Waals surface area contributed by atoms with Crippen molar-refractivity contribution in [2.45, 2.75) is 25.8 Å². The lowest BCUT2D eigenvalue weighted by Crippen LogP contribution is -2.34. The highest BCUT2D eigenvalue weighted by Gasteiger charge is 2.10. The number of carbonyl (C=O) groups is 1. The van der Waals surface area contributed by atoms with Gasteiger partial charge in [0.1, 0.15) is 5.69 Å². The van der Waals surface area contributed by atoms with Crippen molar-refractivity contribution < 1.29 is 4.79 Å². The quantitative estimate of drug-likeness (QED) is 0.874. The summed E-state index contributed by atoms with van der Waals surface area (Å²) in [5.74, 6) is -0.247. The van der Waals surface area contributed by atoms with E-state index in [9.17, 15) is 9.59 Å². The third-order valence-electron chi connectivity index (χ3n) is 3.10. The first-order chi connectivity index (χ1) is 9.65. The van der Waals surface area contributed by atoms with Crippen LogP contribution in [-0.2, 0) is 6.42 Å². The minimum absolute atomic E-state index is 0.0476. The average molecular weight is 270 g/mol. The fourth-order valence-corrected chi connectivity index (χ4v) is 1.98. The van der Waals surface area contributed by atoms with Crippen LogP contribution in [0.5, 0.6) is 0 Å².